The number of benzene rings is 1. The Morgan fingerprint density at radius 2 is 1.73 bits per heavy atom. The van der Waals surface area contributed by atoms with E-state index in [2.05, 4.69) is 60.9 Å². The summed E-state index contributed by atoms with van der Waals surface area (Å²) >= 11 is 1.58. The minimum atomic E-state index is -0.100. The van der Waals surface area contributed by atoms with Crippen molar-refractivity contribution in [2.45, 2.75) is 70.4 Å². The summed E-state index contributed by atoms with van der Waals surface area (Å²) in [6.07, 6.45) is 4.72. The fourth-order valence-electron chi connectivity index (χ4n) is 3.74. The average Bonchev–Trinajstić information content (AvgIpc) is 3.13. The van der Waals surface area contributed by atoms with Gasteiger partial charge in [0.15, 0.2) is 5.78 Å². The zero-order valence-corrected chi connectivity index (χ0v) is 17.5. The van der Waals surface area contributed by atoms with E-state index in [1.807, 2.05) is 6.92 Å². The number of carbonyl (C=O) groups excluding carboxylic acids is 1. The SMILES string of the molecule is CC(NC1CCC(c2ccccc2)CC1)C(=O)c1cc(C(C)C)cs1.Cl. The van der Waals surface area contributed by atoms with Crippen molar-refractivity contribution in [2.24, 2.45) is 0 Å². The fraction of sp³-hybridized carbons (Fsp3) is 0.500. The monoisotopic (exact) mass is 391 g/mol. The number of thiophene rings is 1. The maximum absolute atomic E-state index is 12.7. The zero-order valence-electron chi connectivity index (χ0n) is 15.9. The molecular formula is C22H30ClNOS. The first-order chi connectivity index (χ1) is 12.0. The van der Waals surface area contributed by atoms with Gasteiger partial charge in [-0.15, -0.1) is 23.7 Å². The van der Waals surface area contributed by atoms with E-state index in [9.17, 15) is 4.79 Å². The first-order valence-corrected chi connectivity index (χ1v) is 10.4. The lowest BCUT2D eigenvalue weighted by Crippen LogP contribution is -2.42. The molecule has 0 aliphatic heterocycles. The molecule has 2 nitrogen and oxygen atoms in total. The molecule has 0 saturated heterocycles. The van der Waals surface area contributed by atoms with Crippen LogP contribution < -0.4 is 5.32 Å². The minimum absolute atomic E-state index is 0. The molecule has 1 aliphatic rings. The molecule has 1 N–H and O–H groups in total. The van der Waals surface area contributed by atoms with Crippen molar-refractivity contribution in [3.8, 4) is 0 Å². The van der Waals surface area contributed by atoms with Gasteiger partial charge in [-0.25, -0.2) is 0 Å². The summed E-state index contributed by atoms with van der Waals surface area (Å²) in [5.41, 5.74) is 2.73. The molecule has 2 aromatic rings. The second-order valence-electron chi connectivity index (χ2n) is 7.61. The Kier molecular flexibility index (Phi) is 7.87. The standard InChI is InChI=1S/C22H29NOS.ClH/c1-15(2)19-13-21(25-14-19)22(24)16(3)23-20-11-9-18(10-12-20)17-7-5-4-6-8-17;/h4-8,13-16,18,20,23H,9-12H2,1-3H3;1H. The molecule has 1 aliphatic carbocycles. The molecule has 1 atom stereocenters. The van der Waals surface area contributed by atoms with Crippen molar-refractivity contribution in [1.29, 1.82) is 0 Å². The van der Waals surface area contributed by atoms with Crippen molar-refractivity contribution in [2.75, 3.05) is 0 Å². The summed E-state index contributed by atoms with van der Waals surface area (Å²) < 4.78 is 0. The number of halogens is 1. The molecule has 4 heteroatoms. The van der Waals surface area contributed by atoms with E-state index in [0.29, 0.717) is 17.9 Å². The number of rotatable bonds is 6. The summed E-state index contributed by atoms with van der Waals surface area (Å²) in [5, 5.41) is 5.71. The lowest BCUT2D eigenvalue weighted by molar-refractivity contribution is 0.0943. The first kappa shape index (κ1) is 21.1. The number of carbonyl (C=O) groups is 1. The van der Waals surface area contributed by atoms with Gasteiger partial charge in [-0.1, -0.05) is 44.2 Å². The van der Waals surface area contributed by atoms with Crippen molar-refractivity contribution >= 4 is 29.5 Å². The predicted octanol–water partition coefficient (Wildman–Crippen LogP) is 6.18. The highest BCUT2D eigenvalue weighted by molar-refractivity contribution is 7.12. The van der Waals surface area contributed by atoms with Crippen LogP contribution in [0.25, 0.3) is 0 Å². The van der Waals surface area contributed by atoms with Crippen LogP contribution in [0.5, 0.6) is 0 Å². The molecule has 26 heavy (non-hydrogen) atoms. The van der Waals surface area contributed by atoms with Crippen LogP contribution in [-0.4, -0.2) is 17.9 Å². The largest absolute Gasteiger partial charge is 0.305 e. The Labute approximate surface area is 167 Å². The molecule has 0 amide bonds. The van der Waals surface area contributed by atoms with Crippen molar-refractivity contribution in [3.63, 3.8) is 0 Å². The third kappa shape index (κ3) is 5.18. The summed E-state index contributed by atoms with van der Waals surface area (Å²) in [4.78, 5) is 13.6. The van der Waals surface area contributed by atoms with Crippen LogP contribution in [0.3, 0.4) is 0 Å². The van der Waals surface area contributed by atoms with Gasteiger partial charge in [-0.2, -0.15) is 0 Å². The van der Waals surface area contributed by atoms with Gasteiger partial charge in [0.1, 0.15) is 0 Å². The van der Waals surface area contributed by atoms with Gasteiger partial charge >= 0.3 is 0 Å². The van der Waals surface area contributed by atoms with Gasteiger partial charge in [0.2, 0.25) is 0 Å². The number of hydrogen-bond acceptors (Lipinski definition) is 3. The third-order valence-corrected chi connectivity index (χ3v) is 6.37. The summed E-state index contributed by atoms with van der Waals surface area (Å²) in [6, 6.07) is 13.3. The molecule has 1 saturated carbocycles. The topological polar surface area (TPSA) is 29.1 Å². The molecule has 142 valence electrons. The zero-order chi connectivity index (χ0) is 17.8. The Hall–Kier alpha value is -1.16. The van der Waals surface area contributed by atoms with Crippen LogP contribution in [0.15, 0.2) is 41.8 Å². The molecule has 0 radical (unpaired) electrons. The van der Waals surface area contributed by atoms with Crippen LogP contribution in [-0.2, 0) is 0 Å². The normalized spacial score (nSPS) is 21.2. The molecular weight excluding hydrogens is 362 g/mol. The van der Waals surface area contributed by atoms with E-state index in [1.54, 1.807) is 11.3 Å². The Morgan fingerprint density at radius 3 is 2.31 bits per heavy atom. The Bertz CT molecular complexity index is 689. The number of Topliss-reactive ketones (excluding diaryl/α,β-unsaturated/α-hetero) is 1. The molecule has 1 heterocycles. The average molecular weight is 392 g/mol. The van der Waals surface area contributed by atoms with Gasteiger partial charge in [0.25, 0.3) is 0 Å². The van der Waals surface area contributed by atoms with E-state index in [1.165, 1.54) is 24.0 Å². The highest BCUT2D eigenvalue weighted by Crippen LogP contribution is 2.33. The molecule has 1 fully saturated rings. The van der Waals surface area contributed by atoms with Crippen LogP contribution >= 0.6 is 23.7 Å². The molecule has 0 spiro atoms. The van der Waals surface area contributed by atoms with Crippen molar-refractivity contribution < 1.29 is 4.79 Å². The van der Waals surface area contributed by atoms with Gasteiger partial charge in [-0.3, -0.25) is 4.79 Å². The van der Waals surface area contributed by atoms with Crippen LogP contribution in [0.2, 0.25) is 0 Å². The Morgan fingerprint density at radius 1 is 1.08 bits per heavy atom. The quantitative estimate of drug-likeness (QED) is 0.595. The maximum atomic E-state index is 12.7. The second-order valence-corrected chi connectivity index (χ2v) is 8.52. The molecule has 1 aromatic carbocycles. The van der Waals surface area contributed by atoms with E-state index in [-0.39, 0.29) is 24.2 Å². The molecule has 1 unspecified atom stereocenters. The van der Waals surface area contributed by atoms with E-state index < -0.39 is 0 Å². The van der Waals surface area contributed by atoms with Gasteiger partial charge in [0, 0.05) is 6.04 Å². The minimum Gasteiger partial charge on any atom is -0.305 e. The van der Waals surface area contributed by atoms with Crippen molar-refractivity contribution in [3.05, 3.63) is 57.8 Å². The summed E-state index contributed by atoms with van der Waals surface area (Å²) in [7, 11) is 0. The Balaban J connectivity index is 0.00000243. The molecule has 0 bridgehead atoms. The molecule has 1 aromatic heterocycles. The summed E-state index contributed by atoms with van der Waals surface area (Å²) in [5.74, 6) is 1.40. The predicted molar refractivity (Wildman–Crippen MR) is 114 cm³/mol. The highest BCUT2D eigenvalue weighted by Gasteiger charge is 2.26. The van der Waals surface area contributed by atoms with Crippen LogP contribution in [0.1, 0.15) is 79.1 Å². The lowest BCUT2D eigenvalue weighted by Gasteiger charge is -2.31. The van der Waals surface area contributed by atoms with E-state index in [4.69, 9.17) is 0 Å². The third-order valence-electron chi connectivity index (χ3n) is 5.41. The van der Waals surface area contributed by atoms with Gasteiger partial charge in [-0.05, 0) is 67.0 Å². The highest BCUT2D eigenvalue weighted by atomic mass is 35.5. The van der Waals surface area contributed by atoms with Crippen LogP contribution in [0, 0.1) is 0 Å². The van der Waals surface area contributed by atoms with E-state index in [0.717, 1.165) is 17.7 Å². The van der Waals surface area contributed by atoms with E-state index >= 15 is 0 Å². The van der Waals surface area contributed by atoms with Crippen LogP contribution in [0.4, 0.5) is 0 Å². The number of hydrogen-bond donors (Lipinski definition) is 1. The van der Waals surface area contributed by atoms with Gasteiger partial charge < -0.3 is 5.32 Å². The number of nitrogens with one attached hydrogen (secondary N) is 1. The number of ketones is 1. The fourth-order valence-corrected chi connectivity index (χ4v) is 4.84. The summed E-state index contributed by atoms with van der Waals surface area (Å²) in [6.45, 7) is 6.35. The van der Waals surface area contributed by atoms with Crippen molar-refractivity contribution in [1.82, 2.24) is 5.32 Å². The first-order valence-electron chi connectivity index (χ1n) is 9.48. The smallest absolute Gasteiger partial charge is 0.189 e. The lowest BCUT2D eigenvalue weighted by atomic mass is 9.81. The molecule has 3 rings (SSSR count). The maximum Gasteiger partial charge on any atom is 0.189 e. The van der Waals surface area contributed by atoms with Gasteiger partial charge in [0.05, 0.1) is 10.9 Å². The second kappa shape index (κ2) is 9.68.